The summed E-state index contributed by atoms with van der Waals surface area (Å²) < 4.78 is 4.75. The van der Waals surface area contributed by atoms with Crippen molar-refractivity contribution in [2.45, 2.75) is 12.8 Å². The largest absolute Gasteiger partial charge is 0.411 e. The molecule has 2 rings (SSSR count). The van der Waals surface area contributed by atoms with Crippen LogP contribution in [0.25, 0.3) is 0 Å². The maximum Gasteiger partial charge on any atom is 0.409 e. The third-order valence-corrected chi connectivity index (χ3v) is 2.53. The van der Waals surface area contributed by atoms with E-state index in [0.717, 1.165) is 13.1 Å². The van der Waals surface area contributed by atoms with Gasteiger partial charge in [0.1, 0.15) is 5.75 Å². The molecule has 15 heavy (non-hydrogen) atoms. The predicted molar refractivity (Wildman–Crippen MR) is 58.1 cm³/mol. The number of nitrogens with two attached hydrogens (primary N) is 1. The smallest absolute Gasteiger partial charge is 0.409 e. The molecule has 1 amide bonds. The van der Waals surface area contributed by atoms with Crippen LogP contribution < -0.4 is 15.4 Å². The summed E-state index contributed by atoms with van der Waals surface area (Å²) in [6.07, 6.45) is 1.72. The zero-order valence-corrected chi connectivity index (χ0v) is 8.48. The van der Waals surface area contributed by atoms with E-state index in [1.807, 2.05) is 12.1 Å². The molecular weight excluding hydrogens is 192 g/mol. The van der Waals surface area contributed by atoms with Crippen LogP contribution in [0, 0.1) is 0 Å². The van der Waals surface area contributed by atoms with Crippen molar-refractivity contribution in [3.05, 3.63) is 24.3 Å². The molecule has 1 aliphatic heterocycles. The van der Waals surface area contributed by atoms with Gasteiger partial charge in [-0.3, -0.25) is 0 Å². The predicted octanol–water partition coefficient (Wildman–Crippen LogP) is 1.74. The van der Waals surface area contributed by atoms with E-state index in [9.17, 15) is 4.79 Å². The molecule has 0 unspecified atom stereocenters. The quantitative estimate of drug-likeness (QED) is 0.801. The lowest BCUT2D eigenvalue weighted by molar-refractivity contribution is 0.211. The Labute approximate surface area is 88.6 Å². The number of amides is 1. The van der Waals surface area contributed by atoms with Crippen molar-refractivity contribution >= 4 is 11.8 Å². The summed E-state index contributed by atoms with van der Waals surface area (Å²) in [5.41, 5.74) is 6.08. The summed E-state index contributed by atoms with van der Waals surface area (Å²) >= 11 is 0. The van der Waals surface area contributed by atoms with Gasteiger partial charge in [0, 0.05) is 18.8 Å². The van der Waals surface area contributed by atoms with Crippen molar-refractivity contribution in [1.82, 2.24) is 0 Å². The van der Waals surface area contributed by atoms with E-state index in [1.54, 1.807) is 12.1 Å². The number of carbonyl (C=O) groups is 1. The molecule has 1 fully saturated rings. The van der Waals surface area contributed by atoms with E-state index < -0.39 is 6.09 Å². The van der Waals surface area contributed by atoms with Gasteiger partial charge in [0.05, 0.1) is 0 Å². The number of hydrogen-bond donors (Lipinski definition) is 1. The van der Waals surface area contributed by atoms with Crippen LogP contribution in [0.1, 0.15) is 12.8 Å². The minimum atomic E-state index is -0.774. The number of primary amides is 1. The molecule has 1 aliphatic rings. The molecule has 0 atom stereocenters. The van der Waals surface area contributed by atoms with Crippen LogP contribution in [-0.4, -0.2) is 19.2 Å². The Morgan fingerprint density at radius 2 is 1.80 bits per heavy atom. The fraction of sp³-hybridized carbons (Fsp3) is 0.364. The lowest BCUT2D eigenvalue weighted by Crippen LogP contribution is -2.18. The SMILES string of the molecule is NC(=O)Oc1ccc(N2CCCC2)cc1. The second-order valence-electron chi connectivity index (χ2n) is 3.61. The molecule has 0 aliphatic carbocycles. The van der Waals surface area contributed by atoms with Crippen molar-refractivity contribution < 1.29 is 9.53 Å². The average molecular weight is 206 g/mol. The molecular formula is C11H14N2O2. The Bertz CT molecular complexity index is 342. The average Bonchev–Trinajstić information content (AvgIpc) is 2.71. The van der Waals surface area contributed by atoms with Crippen LogP contribution in [0.15, 0.2) is 24.3 Å². The molecule has 80 valence electrons. The lowest BCUT2D eigenvalue weighted by atomic mass is 10.3. The first kappa shape index (κ1) is 9.83. The van der Waals surface area contributed by atoms with E-state index in [1.165, 1.54) is 18.5 Å². The second-order valence-corrected chi connectivity index (χ2v) is 3.61. The summed E-state index contributed by atoms with van der Waals surface area (Å²) in [6, 6.07) is 7.42. The summed E-state index contributed by atoms with van der Waals surface area (Å²) in [5, 5.41) is 0. The standard InChI is InChI=1S/C11H14N2O2/c12-11(14)15-10-5-3-9(4-6-10)13-7-1-2-8-13/h3-6H,1-2,7-8H2,(H2,12,14). The number of carbonyl (C=O) groups excluding carboxylic acids is 1. The molecule has 2 N–H and O–H groups in total. The molecule has 0 bridgehead atoms. The maximum atomic E-state index is 10.5. The van der Waals surface area contributed by atoms with Crippen LogP contribution >= 0.6 is 0 Å². The highest BCUT2D eigenvalue weighted by Gasteiger charge is 2.11. The Kier molecular flexibility index (Phi) is 2.76. The molecule has 1 heterocycles. The zero-order valence-electron chi connectivity index (χ0n) is 8.48. The normalized spacial score (nSPS) is 15.3. The number of hydrogen-bond acceptors (Lipinski definition) is 3. The van der Waals surface area contributed by atoms with Crippen LogP contribution in [0.2, 0.25) is 0 Å². The first-order valence-electron chi connectivity index (χ1n) is 5.08. The van der Waals surface area contributed by atoms with Crippen LogP contribution in [-0.2, 0) is 0 Å². The molecule has 0 aromatic heterocycles. The summed E-state index contributed by atoms with van der Waals surface area (Å²) in [5.74, 6) is 0.491. The van der Waals surface area contributed by atoms with Crippen LogP contribution in [0.3, 0.4) is 0 Å². The Balaban J connectivity index is 2.06. The first-order chi connectivity index (χ1) is 7.25. The maximum absolute atomic E-state index is 10.5. The van der Waals surface area contributed by atoms with E-state index in [-0.39, 0.29) is 0 Å². The minimum absolute atomic E-state index is 0.491. The first-order valence-corrected chi connectivity index (χ1v) is 5.08. The van der Waals surface area contributed by atoms with Gasteiger partial charge in [0.2, 0.25) is 0 Å². The fourth-order valence-corrected chi connectivity index (χ4v) is 1.82. The zero-order chi connectivity index (χ0) is 10.7. The molecule has 1 aromatic rings. The lowest BCUT2D eigenvalue weighted by Gasteiger charge is -2.17. The van der Waals surface area contributed by atoms with Gasteiger partial charge < -0.3 is 15.4 Å². The summed E-state index contributed by atoms with van der Waals surface area (Å²) in [7, 11) is 0. The summed E-state index contributed by atoms with van der Waals surface area (Å²) in [4.78, 5) is 12.8. The van der Waals surface area contributed by atoms with E-state index in [2.05, 4.69) is 4.90 Å². The van der Waals surface area contributed by atoms with Crippen molar-refractivity contribution in [3.63, 3.8) is 0 Å². The van der Waals surface area contributed by atoms with Crippen molar-refractivity contribution in [2.75, 3.05) is 18.0 Å². The monoisotopic (exact) mass is 206 g/mol. The Morgan fingerprint density at radius 3 is 2.33 bits per heavy atom. The molecule has 1 saturated heterocycles. The number of anilines is 1. The van der Waals surface area contributed by atoms with E-state index >= 15 is 0 Å². The third kappa shape index (κ3) is 2.40. The number of ether oxygens (including phenoxy) is 1. The van der Waals surface area contributed by atoms with Gasteiger partial charge in [-0.2, -0.15) is 0 Å². The van der Waals surface area contributed by atoms with E-state index in [0.29, 0.717) is 5.75 Å². The van der Waals surface area contributed by atoms with Gasteiger partial charge in [-0.05, 0) is 37.1 Å². The molecule has 0 spiro atoms. The van der Waals surface area contributed by atoms with Crippen LogP contribution in [0.5, 0.6) is 5.75 Å². The molecule has 4 heteroatoms. The van der Waals surface area contributed by atoms with Crippen LogP contribution in [0.4, 0.5) is 10.5 Å². The Morgan fingerprint density at radius 1 is 1.20 bits per heavy atom. The topological polar surface area (TPSA) is 55.6 Å². The van der Waals surface area contributed by atoms with Crippen molar-refractivity contribution in [2.24, 2.45) is 5.73 Å². The highest BCUT2D eigenvalue weighted by Crippen LogP contribution is 2.22. The molecule has 4 nitrogen and oxygen atoms in total. The minimum Gasteiger partial charge on any atom is -0.411 e. The number of benzene rings is 1. The van der Waals surface area contributed by atoms with Gasteiger partial charge in [-0.1, -0.05) is 0 Å². The number of rotatable bonds is 2. The van der Waals surface area contributed by atoms with Gasteiger partial charge in [0.15, 0.2) is 0 Å². The van der Waals surface area contributed by atoms with Crippen molar-refractivity contribution in [1.29, 1.82) is 0 Å². The van der Waals surface area contributed by atoms with Gasteiger partial charge in [0.25, 0.3) is 0 Å². The van der Waals surface area contributed by atoms with Gasteiger partial charge >= 0.3 is 6.09 Å². The summed E-state index contributed by atoms with van der Waals surface area (Å²) in [6.45, 7) is 2.21. The van der Waals surface area contributed by atoms with E-state index in [4.69, 9.17) is 10.5 Å². The van der Waals surface area contributed by atoms with Crippen molar-refractivity contribution in [3.8, 4) is 5.75 Å². The Hall–Kier alpha value is -1.71. The van der Waals surface area contributed by atoms with Gasteiger partial charge in [-0.15, -0.1) is 0 Å². The van der Waals surface area contributed by atoms with Gasteiger partial charge in [-0.25, -0.2) is 4.79 Å². The fourth-order valence-electron chi connectivity index (χ4n) is 1.82. The third-order valence-electron chi connectivity index (χ3n) is 2.53. The molecule has 0 radical (unpaired) electrons. The number of nitrogens with zero attached hydrogens (tertiary/aromatic N) is 1. The highest BCUT2D eigenvalue weighted by atomic mass is 16.5. The molecule has 0 saturated carbocycles. The highest BCUT2D eigenvalue weighted by molar-refractivity contribution is 5.68. The second kappa shape index (κ2) is 4.21. The molecule has 1 aromatic carbocycles.